The molecule has 23 heavy (non-hydrogen) atoms. The number of hydrogen-bond donors (Lipinski definition) is 1. The Bertz CT molecular complexity index is 747. The highest BCUT2D eigenvalue weighted by Crippen LogP contribution is 2.20. The van der Waals surface area contributed by atoms with Gasteiger partial charge in [-0.3, -0.25) is 4.79 Å². The van der Waals surface area contributed by atoms with E-state index in [0.717, 1.165) is 22.4 Å². The van der Waals surface area contributed by atoms with E-state index in [4.69, 9.17) is 4.74 Å². The number of rotatable bonds is 5. The van der Waals surface area contributed by atoms with Gasteiger partial charge in [-0.2, -0.15) is 5.26 Å². The molecule has 0 bridgehead atoms. The van der Waals surface area contributed by atoms with Crippen molar-refractivity contribution in [3.05, 3.63) is 59.2 Å². The van der Waals surface area contributed by atoms with Crippen LogP contribution in [-0.4, -0.2) is 13.0 Å². The van der Waals surface area contributed by atoms with Gasteiger partial charge >= 0.3 is 0 Å². The molecule has 0 saturated carbocycles. The molecule has 0 aliphatic rings. The maximum Gasteiger partial charge on any atom is 0.242 e. The van der Waals surface area contributed by atoms with E-state index in [-0.39, 0.29) is 5.91 Å². The summed E-state index contributed by atoms with van der Waals surface area (Å²) in [7, 11) is 1.59. The average Bonchev–Trinajstić information content (AvgIpc) is 2.56. The van der Waals surface area contributed by atoms with Crippen LogP contribution in [0.5, 0.6) is 5.75 Å². The molecule has 0 aliphatic heterocycles. The Labute approximate surface area is 136 Å². The van der Waals surface area contributed by atoms with Crippen molar-refractivity contribution in [2.75, 3.05) is 12.4 Å². The van der Waals surface area contributed by atoms with E-state index < -0.39 is 5.92 Å². The molecule has 1 N–H and O–H groups in total. The summed E-state index contributed by atoms with van der Waals surface area (Å²) in [5.74, 6) is -0.319. The van der Waals surface area contributed by atoms with Gasteiger partial charge in [-0.1, -0.05) is 24.3 Å². The molecule has 2 aromatic carbocycles. The van der Waals surface area contributed by atoms with Crippen molar-refractivity contribution in [1.82, 2.24) is 0 Å². The third-order valence-corrected chi connectivity index (χ3v) is 3.70. The zero-order valence-electron chi connectivity index (χ0n) is 13.6. The average molecular weight is 308 g/mol. The van der Waals surface area contributed by atoms with Gasteiger partial charge < -0.3 is 10.1 Å². The number of carbonyl (C=O) groups excluding carboxylic acids is 1. The summed E-state index contributed by atoms with van der Waals surface area (Å²) in [6.07, 6.45) is 0.352. The van der Waals surface area contributed by atoms with Crippen molar-refractivity contribution >= 4 is 11.6 Å². The quantitative estimate of drug-likeness (QED) is 0.917. The number of benzene rings is 2. The van der Waals surface area contributed by atoms with E-state index in [0.29, 0.717) is 12.2 Å². The van der Waals surface area contributed by atoms with E-state index >= 15 is 0 Å². The molecule has 1 amide bonds. The number of amides is 1. The van der Waals surface area contributed by atoms with Crippen molar-refractivity contribution in [3.63, 3.8) is 0 Å². The number of hydrogen-bond acceptors (Lipinski definition) is 3. The highest BCUT2D eigenvalue weighted by atomic mass is 16.5. The molecule has 0 unspecified atom stereocenters. The van der Waals surface area contributed by atoms with Crippen molar-refractivity contribution in [2.24, 2.45) is 5.92 Å². The van der Waals surface area contributed by atoms with Crippen LogP contribution in [-0.2, 0) is 11.2 Å². The Morgan fingerprint density at radius 2 is 2.04 bits per heavy atom. The summed E-state index contributed by atoms with van der Waals surface area (Å²) in [4.78, 5) is 12.4. The monoisotopic (exact) mass is 308 g/mol. The minimum absolute atomic E-state index is 0.288. The van der Waals surface area contributed by atoms with Crippen LogP contribution in [0.25, 0.3) is 0 Å². The van der Waals surface area contributed by atoms with Crippen LogP contribution in [0.4, 0.5) is 5.69 Å². The van der Waals surface area contributed by atoms with E-state index in [9.17, 15) is 10.1 Å². The van der Waals surface area contributed by atoms with Gasteiger partial charge in [0.05, 0.1) is 13.2 Å². The van der Waals surface area contributed by atoms with E-state index in [1.165, 1.54) is 0 Å². The first-order valence-corrected chi connectivity index (χ1v) is 7.44. The lowest BCUT2D eigenvalue weighted by molar-refractivity contribution is -0.118. The van der Waals surface area contributed by atoms with Crippen LogP contribution in [0.2, 0.25) is 0 Å². The fourth-order valence-corrected chi connectivity index (χ4v) is 2.32. The molecule has 118 valence electrons. The number of methoxy groups -OCH3 is 1. The van der Waals surface area contributed by atoms with Gasteiger partial charge in [0.15, 0.2) is 0 Å². The second kappa shape index (κ2) is 7.46. The fraction of sp³-hybridized carbons (Fsp3) is 0.263. The topological polar surface area (TPSA) is 62.1 Å². The van der Waals surface area contributed by atoms with Crippen LogP contribution in [0.15, 0.2) is 42.5 Å². The predicted molar refractivity (Wildman–Crippen MR) is 90.3 cm³/mol. The molecule has 0 fully saturated rings. The van der Waals surface area contributed by atoms with Crippen LogP contribution in [0.3, 0.4) is 0 Å². The summed E-state index contributed by atoms with van der Waals surface area (Å²) in [5, 5.41) is 12.2. The molecule has 2 rings (SSSR count). The molecule has 0 heterocycles. The minimum atomic E-state index is -0.748. The number of anilines is 1. The maximum absolute atomic E-state index is 12.4. The Kier molecular flexibility index (Phi) is 5.37. The molecular formula is C19H20N2O2. The number of ether oxygens (including phenoxy) is 1. The molecule has 0 aliphatic carbocycles. The fourth-order valence-electron chi connectivity index (χ4n) is 2.32. The van der Waals surface area contributed by atoms with Crippen molar-refractivity contribution < 1.29 is 9.53 Å². The van der Waals surface area contributed by atoms with E-state index in [1.807, 2.05) is 56.3 Å². The van der Waals surface area contributed by atoms with Crippen LogP contribution in [0, 0.1) is 31.1 Å². The molecular weight excluding hydrogens is 288 g/mol. The Balaban J connectivity index is 2.12. The molecule has 4 nitrogen and oxygen atoms in total. The zero-order valence-corrected chi connectivity index (χ0v) is 13.6. The van der Waals surface area contributed by atoms with Gasteiger partial charge in [-0.25, -0.2) is 0 Å². The summed E-state index contributed by atoms with van der Waals surface area (Å²) in [6.45, 7) is 3.89. The molecule has 2 aromatic rings. The number of aryl methyl sites for hydroxylation is 2. The largest absolute Gasteiger partial charge is 0.497 e. The molecule has 4 heteroatoms. The van der Waals surface area contributed by atoms with Gasteiger partial charge in [0.25, 0.3) is 0 Å². The Morgan fingerprint density at radius 1 is 1.26 bits per heavy atom. The maximum atomic E-state index is 12.4. The summed E-state index contributed by atoms with van der Waals surface area (Å²) in [5.41, 5.74) is 3.68. The molecule has 0 aromatic heterocycles. The van der Waals surface area contributed by atoms with Crippen LogP contribution < -0.4 is 10.1 Å². The number of carbonyl (C=O) groups is 1. The highest BCUT2D eigenvalue weighted by molar-refractivity contribution is 5.95. The second-order valence-corrected chi connectivity index (χ2v) is 5.54. The standard InChI is InChI=1S/C19H20N2O2/c1-13-7-8-14(2)18(9-13)21-19(22)16(12-20)10-15-5-4-6-17(11-15)23-3/h4-9,11,16H,10H2,1-3H3,(H,21,22)/t16-/m0/s1. The summed E-state index contributed by atoms with van der Waals surface area (Å²) < 4.78 is 5.17. The SMILES string of the molecule is COc1cccc(C[C@@H](C#N)C(=O)Nc2cc(C)ccc2C)c1. The molecule has 0 radical (unpaired) electrons. The minimum Gasteiger partial charge on any atom is -0.497 e. The van der Waals surface area contributed by atoms with Gasteiger partial charge in [0.2, 0.25) is 5.91 Å². The highest BCUT2D eigenvalue weighted by Gasteiger charge is 2.19. The number of nitrogens with zero attached hydrogens (tertiary/aromatic N) is 1. The first-order chi connectivity index (χ1) is 11.0. The van der Waals surface area contributed by atoms with Crippen LogP contribution in [0.1, 0.15) is 16.7 Å². The normalized spacial score (nSPS) is 11.4. The zero-order chi connectivity index (χ0) is 16.8. The van der Waals surface area contributed by atoms with Crippen molar-refractivity contribution in [2.45, 2.75) is 20.3 Å². The Hall–Kier alpha value is -2.80. The number of nitrogens with one attached hydrogen (secondary N) is 1. The van der Waals surface area contributed by atoms with Crippen molar-refractivity contribution in [3.8, 4) is 11.8 Å². The van der Waals surface area contributed by atoms with Crippen LogP contribution >= 0.6 is 0 Å². The molecule has 1 atom stereocenters. The number of nitriles is 1. The van der Waals surface area contributed by atoms with Gasteiger partial charge in [-0.05, 0) is 55.2 Å². The lowest BCUT2D eigenvalue weighted by Gasteiger charge is -2.13. The lowest BCUT2D eigenvalue weighted by Crippen LogP contribution is -2.24. The first kappa shape index (κ1) is 16.6. The lowest BCUT2D eigenvalue weighted by atomic mass is 9.99. The third-order valence-electron chi connectivity index (χ3n) is 3.70. The van der Waals surface area contributed by atoms with E-state index in [1.54, 1.807) is 7.11 Å². The van der Waals surface area contributed by atoms with Gasteiger partial charge in [-0.15, -0.1) is 0 Å². The molecule has 0 spiro atoms. The summed E-state index contributed by atoms with van der Waals surface area (Å²) in [6, 6.07) is 15.4. The Morgan fingerprint density at radius 3 is 2.74 bits per heavy atom. The van der Waals surface area contributed by atoms with E-state index in [2.05, 4.69) is 11.4 Å². The van der Waals surface area contributed by atoms with Gasteiger partial charge in [0, 0.05) is 5.69 Å². The smallest absolute Gasteiger partial charge is 0.242 e. The van der Waals surface area contributed by atoms with Crippen molar-refractivity contribution in [1.29, 1.82) is 5.26 Å². The first-order valence-electron chi connectivity index (χ1n) is 7.44. The second-order valence-electron chi connectivity index (χ2n) is 5.54. The molecule has 0 saturated heterocycles. The van der Waals surface area contributed by atoms with Gasteiger partial charge in [0.1, 0.15) is 11.7 Å². The predicted octanol–water partition coefficient (Wildman–Crippen LogP) is 3.63. The third kappa shape index (κ3) is 4.33. The summed E-state index contributed by atoms with van der Waals surface area (Å²) >= 11 is 0.